The lowest BCUT2D eigenvalue weighted by atomic mass is 9.79. The number of nitrogens with zero attached hydrogens (tertiary/aromatic N) is 3. The van der Waals surface area contributed by atoms with Gasteiger partial charge in [-0.05, 0) is 67.6 Å². The Morgan fingerprint density at radius 1 is 1.03 bits per heavy atom. The lowest BCUT2D eigenvalue weighted by molar-refractivity contribution is 0.385. The number of halogens is 2. The monoisotopic (exact) mass is 541 g/mol. The topological polar surface area (TPSA) is 37.2 Å². The van der Waals surface area contributed by atoms with Gasteiger partial charge in [-0.3, -0.25) is 0 Å². The second kappa shape index (κ2) is 9.71. The second-order valence-electron chi connectivity index (χ2n) is 7.14. The van der Waals surface area contributed by atoms with Gasteiger partial charge in [0.1, 0.15) is 11.3 Å². The van der Waals surface area contributed by atoms with E-state index in [-0.39, 0.29) is 29.5 Å². The summed E-state index contributed by atoms with van der Waals surface area (Å²) in [5.41, 5.74) is 1.84. The van der Waals surface area contributed by atoms with Crippen molar-refractivity contribution < 1.29 is 4.74 Å². The van der Waals surface area contributed by atoms with Crippen molar-refractivity contribution in [2.45, 2.75) is 37.6 Å². The van der Waals surface area contributed by atoms with Crippen LogP contribution in [-0.4, -0.2) is 29.9 Å². The van der Waals surface area contributed by atoms with E-state index < -0.39 is 0 Å². The van der Waals surface area contributed by atoms with Crippen molar-refractivity contribution in [3.05, 3.63) is 53.6 Å². The first-order valence-electron chi connectivity index (χ1n) is 9.58. The molecule has 0 N–H and O–H groups in total. The highest BCUT2D eigenvalue weighted by atomic mass is 127. The van der Waals surface area contributed by atoms with Gasteiger partial charge in [-0.1, -0.05) is 42.6 Å². The van der Waals surface area contributed by atoms with Crippen LogP contribution in [0.15, 0.2) is 58.5 Å². The molecule has 29 heavy (non-hydrogen) atoms. The average molecular weight is 542 g/mol. The third kappa shape index (κ3) is 4.44. The molecule has 1 spiro atoms. The Kier molecular flexibility index (Phi) is 7.51. The van der Waals surface area contributed by atoms with E-state index in [1.807, 2.05) is 36.4 Å². The van der Waals surface area contributed by atoms with Crippen molar-refractivity contribution in [2.24, 2.45) is 9.98 Å². The minimum atomic E-state index is -0.190. The minimum Gasteiger partial charge on any atom is -0.497 e. The molecule has 0 aromatic heterocycles. The molecular formula is C22H25ClIN3OS. The van der Waals surface area contributed by atoms with Gasteiger partial charge in [-0.25, -0.2) is 9.98 Å². The number of hydrogen-bond acceptors (Lipinski definition) is 4. The van der Waals surface area contributed by atoms with Gasteiger partial charge in [-0.2, -0.15) is 0 Å². The summed E-state index contributed by atoms with van der Waals surface area (Å²) in [6.07, 6.45) is 7.82. The molecule has 0 radical (unpaired) electrons. The van der Waals surface area contributed by atoms with Gasteiger partial charge >= 0.3 is 0 Å². The van der Waals surface area contributed by atoms with E-state index >= 15 is 0 Å². The first-order valence-corrected chi connectivity index (χ1v) is 11.2. The van der Waals surface area contributed by atoms with Crippen LogP contribution in [0.2, 0.25) is 5.02 Å². The van der Waals surface area contributed by atoms with E-state index in [4.69, 9.17) is 26.3 Å². The summed E-state index contributed by atoms with van der Waals surface area (Å²) in [5, 5.41) is 1.72. The number of methoxy groups -OCH3 is 1. The van der Waals surface area contributed by atoms with Gasteiger partial charge in [0, 0.05) is 10.7 Å². The molecule has 4 rings (SSSR count). The lowest BCUT2D eigenvalue weighted by Crippen LogP contribution is -2.52. The van der Waals surface area contributed by atoms with Crippen molar-refractivity contribution in [3.63, 3.8) is 0 Å². The standard InChI is InChI=1S/C22H24ClN3OS.HI/c1-27-19-12-10-18(11-13-19)26-21(28-2)25-20(22(26)14-4-3-5-15-22)24-17-8-6-16(23)7-9-17;/h6-13H,3-5,14-15H2,1-2H3;1H. The summed E-state index contributed by atoms with van der Waals surface area (Å²) in [4.78, 5) is 12.4. The predicted octanol–water partition coefficient (Wildman–Crippen LogP) is 6.94. The van der Waals surface area contributed by atoms with Gasteiger partial charge in [0.05, 0.1) is 12.8 Å². The van der Waals surface area contributed by atoms with Crippen LogP contribution in [-0.2, 0) is 0 Å². The normalized spacial score (nSPS) is 19.2. The summed E-state index contributed by atoms with van der Waals surface area (Å²) in [6, 6.07) is 15.9. The number of thioether (sulfide) groups is 1. The predicted molar refractivity (Wildman–Crippen MR) is 136 cm³/mol. The molecule has 154 valence electrons. The van der Waals surface area contributed by atoms with Gasteiger partial charge < -0.3 is 9.64 Å². The zero-order valence-electron chi connectivity index (χ0n) is 16.6. The van der Waals surface area contributed by atoms with Gasteiger partial charge in [0.15, 0.2) is 11.0 Å². The Morgan fingerprint density at radius 3 is 2.28 bits per heavy atom. The first-order chi connectivity index (χ1) is 13.7. The Balaban J connectivity index is 0.00000240. The molecule has 0 atom stereocenters. The van der Waals surface area contributed by atoms with Gasteiger partial charge in [0.25, 0.3) is 0 Å². The van der Waals surface area contributed by atoms with Crippen LogP contribution in [0.5, 0.6) is 5.75 Å². The highest BCUT2D eigenvalue weighted by molar-refractivity contribution is 14.0. The fraction of sp³-hybridized carbons (Fsp3) is 0.364. The van der Waals surface area contributed by atoms with Crippen molar-refractivity contribution in [1.29, 1.82) is 0 Å². The largest absolute Gasteiger partial charge is 0.497 e. The Hall–Kier alpha value is -1.25. The zero-order chi connectivity index (χ0) is 19.6. The number of rotatable bonds is 3. The summed E-state index contributed by atoms with van der Waals surface area (Å²) in [5.74, 6) is 1.77. The van der Waals surface area contributed by atoms with Gasteiger partial charge in [-0.15, -0.1) is 24.0 Å². The highest BCUT2D eigenvalue weighted by Gasteiger charge is 2.49. The molecule has 2 aromatic rings. The molecule has 2 aromatic carbocycles. The maximum atomic E-state index is 6.05. The Labute approximate surface area is 198 Å². The van der Waals surface area contributed by atoms with Crippen molar-refractivity contribution in [1.82, 2.24) is 0 Å². The summed E-state index contributed by atoms with van der Waals surface area (Å²) >= 11 is 7.72. The molecular weight excluding hydrogens is 517 g/mol. The second-order valence-corrected chi connectivity index (χ2v) is 8.35. The molecule has 1 saturated carbocycles. The van der Waals surface area contributed by atoms with Gasteiger partial charge in [0.2, 0.25) is 0 Å². The summed E-state index contributed by atoms with van der Waals surface area (Å²) in [6.45, 7) is 0. The molecule has 7 heteroatoms. The maximum absolute atomic E-state index is 6.05. The molecule has 0 amide bonds. The van der Waals surface area contributed by atoms with Crippen molar-refractivity contribution in [3.8, 4) is 5.75 Å². The molecule has 0 unspecified atom stereocenters. The van der Waals surface area contributed by atoms with E-state index in [1.165, 1.54) is 19.3 Å². The van der Waals surface area contributed by atoms with E-state index in [0.29, 0.717) is 0 Å². The van der Waals surface area contributed by atoms with E-state index in [0.717, 1.165) is 46.0 Å². The van der Waals surface area contributed by atoms with Crippen LogP contribution in [0.1, 0.15) is 32.1 Å². The van der Waals surface area contributed by atoms with Crippen molar-refractivity contribution in [2.75, 3.05) is 18.3 Å². The number of amidine groups is 2. The molecule has 1 heterocycles. The third-order valence-electron chi connectivity index (χ3n) is 5.49. The third-order valence-corrected chi connectivity index (χ3v) is 6.38. The quantitative estimate of drug-likeness (QED) is 0.395. The van der Waals surface area contributed by atoms with E-state index in [2.05, 4.69) is 23.3 Å². The van der Waals surface area contributed by atoms with Crippen LogP contribution in [0.4, 0.5) is 11.4 Å². The average Bonchev–Trinajstić information content (AvgIpc) is 3.02. The number of anilines is 1. The maximum Gasteiger partial charge on any atom is 0.170 e. The molecule has 1 fully saturated rings. The Morgan fingerprint density at radius 2 is 1.69 bits per heavy atom. The fourth-order valence-electron chi connectivity index (χ4n) is 4.10. The van der Waals surface area contributed by atoms with Crippen LogP contribution in [0.3, 0.4) is 0 Å². The minimum absolute atomic E-state index is 0. The fourth-order valence-corrected chi connectivity index (χ4v) is 4.87. The number of benzene rings is 2. The summed E-state index contributed by atoms with van der Waals surface area (Å²) < 4.78 is 5.34. The Bertz CT molecular complexity index is 893. The van der Waals surface area contributed by atoms with E-state index in [1.54, 1.807) is 18.9 Å². The summed E-state index contributed by atoms with van der Waals surface area (Å²) in [7, 11) is 1.69. The molecule has 4 nitrogen and oxygen atoms in total. The molecule has 1 aliphatic carbocycles. The van der Waals surface area contributed by atoms with Crippen LogP contribution in [0.25, 0.3) is 0 Å². The first kappa shape index (κ1) is 22.4. The van der Waals surface area contributed by atoms with Crippen LogP contribution in [0, 0.1) is 0 Å². The number of aliphatic imine (C=N–C) groups is 2. The SMILES string of the molecule is COc1ccc(N2C(SC)=NC(=Nc3ccc(Cl)cc3)C23CCCCC3)cc1.I. The highest BCUT2D eigenvalue weighted by Crippen LogP contribution is 2.44. The van der Waals surface area contributed by atoms with Crippen LogP contribution >= 0.6 is 47.3 Å². The molecule has 0 saturated heterocycles. The zero-order valence-corrected chi connectivity index (χ0v) is 20.5. The lowest BCUT2D eigenvalue weighted by Gasteiger charge is -2.42. The molecule has 1 aliphatic heterocycles. The van der Waals surface area contributed by atoms with Crippen LogP contribution < -0.4 is 9.64 Å². The van der Waals surface area contributed by atoms with E-state index in [9.17, 15) is 0 Å². The smallest absolute Gasteiger partial charge is 0.170 e. The number of hydrogen-bond donors (Lipinski definition) is 0. The molecule has 0 bridgehead atoms. The molecule has 2 aliphatic rings. The van der Waals surface area contributed by atoms with Crippen molar-refractivity contribution >= 4 is 69.7 Å². The number of ether oxygens (including phenoxy) is 1.